The zero-order chi connectivity index (χ0) is 27.9. The predicted molar refractivity (Wildman–Crippen MR) is 153 cm³/mol. The number of rotatable bonds is 7. The standard InChI is InChI=1S/C32H34N4O5/c1-20-5-7-22(8-6-20)28-19-40-30-24(3-2-4-27(30)41-28)21-11-14-35(15-12-21)18-29-33-25-9-10-26(32(37)38)34-31(25)36(29)17-23-13-16-39-23/h2-10,21,23,28H,11-19H2,1H3,(H,37,38)/t23-,28?/m0/s1. The average Bonchev–Trinajstić information content (AvgIpc) is 3.31. The quantitative estimate of drug-likeness (QED) is 0.336. The van der Waals surface area contributed by atoms with Gasteiger partial charge in [0.15, 0.2) is 28.9 Å². The first-order chi connectivity index (χ1) is 20.0. The van der Waals surface area contributed by atoms with E-state index in [4.69, 9.17) is 19.2 Å². The number of aromatic nitrogens is 3. The van der Waals surface area contributed by atoms with Crippen molar-refractivity contribution < 1.29 is 24.1 Å². The van der Waals surface area contributed by atoms with Crippen LogP contribution in [-0.4, -0.2) is 62.9 Å². The molecule has 2 aromatic carbocycles. The maximum absolute atomic E-state index is 11.6. The summed E-state index contributed by atoms with van der Waals surface area (Å²) in [6, 6.07) is 18.0. The molecular weight excluding hydrogens is 520 g/mol. The molecule has 5 heterocycles. The molecule has 0 amide bonds. The van der Waals surface area contributed by atoms with Crippen molar-refractivity contribution in [3.8, 4) is 11.5 Å². The number of aromatic carboxylic acids is 1. The number of piperidine rings is 1. The van der Waals surface area contributed by atoms with Crippen molar-refractivity contribution in [1.82, 2.24) is 19.4 Å². The Morgan fingerprint density at radius 2 is 1.83 bits per heavy atom. The van der Waals surface area contributed by atoms with Crippen molar-refractivity contribution in [2.75, 3.05) is 26.3 Å². The van der Waals surface area contributed by atoms with Gasteiger partial charge in [-0.3, -0.25) is 4.90 Å². The molecule has 212 valence electrons. The van der Waals surface area contributed by atoms with E-state index in [0.717, 1.165) is 67.4 Å². The Bertz CT molecular complexity index is 1570. The molecule has 9 nitrogen and oxygen atoms in total. The number of carboxylic acid groups (broad SMARTS) is 1. The number of ether oxygens (including phenoxy) is 3. The van der Waals surface area contributed by atoms with Crippen LogP contribution >= 0.6 is 0 Å². The minimum absolute atomic E-state index is 0.0307. The van der Waals surface area contributed by atoms with Crippen LogP contribution in [0.4, 0.5) is 0 Å². The summed E-state index contributed by atoms with van der Waals surface area (Å²) in [6.45, 7) is 6.53. The molecule has 4 aromatic rings. The number of likely N-dealkylation sites (tertiary alicyclic amines) is 1. The fourth-order valence-electron chi connectivity index (χ4n) is 6.11. The van der Waals surface area contributed by atoms with Crippen LogP contribution in [0.2, 0.25) is 0 Å². The van der Waals surface area contributed by atoms with Gasteiger partial charge in [0.1, 0.15) is 17.9 Å². The van der Waals surface area contributed by atoms with Crippen molar-refractivity contribution in [3.63, 3.8) is 0 Å². The fraction of sp³-hybridized carbons (Fsp3) is 0.406. The number of pyridine rings is 1. The van der Waals surface area contributed by atoms with Gasteiger partial charge in [0.2, 0.25) is 0 Å². The molecule has 7 rings (SSSR count). The first-order valence-corrected chi connectivity index (χ1v) is 14.4. The summed E-state index contributed by atoms with van der Waals surface area (Å²) in [5, 5.41) is 9.47. The highest BCUT2D eigenvalue weighted by Gasteiger charge is 2.30. The van der Waals surface area contributed by atoms with Gasteiger partial charge in [0.05, 0.1) is 19.2 Å². The van der Waals surface area contributed by atoms with Gasteiger partial charge in [0.25, 0.3) is 0 Å². The Balaban J connectivity index is 1.05. The lowest BCUT2D eigenvalue weighted by Crippen LogP contribution is -2.35. The molecule has 0 radical (unpaired) electrons. The lowest BCUT2D eigenvalue weighted by Gasteiger charge is -2.35. The monoisotopic (exact) mass is 554 g/mol. The lowest BCUT2D eigenvalue weighted by molar-refractivity contribution is -0.0593. The van der Waals surface area contributed by atoms with Crippen LogP contribution in [0.15, 0.2) is 54.6 Å². The Labute approximate surface area is 238 Å². The van der Waals surface area contributed by atoms with E-state index in [0.29, 0.717) is 31.3 Å². The third kappa shape index (κ3) is 5.15. The Morgan fingerprint density at radius 1 is 1.02 bits per heavy atom. The van der Waals surface area contributed by atoms with Crippen LogP contribution in [0.5, 0.6) is 11.5 Å². The van der Waals surface area contributed by atoms with Gasteiger partial charge in [-0.1, -0.05) is 42.0 Å². The van der Waals surface area contributed by atoms with Crippen LogP contribution in [0.3, 0.4) is 0 Å². The highest BCUT2D eigenvalue weighted by molar-refractivity contribution is 5.88. The van der Waals surface area contributed by atoms with Crippen molar-refractivity contribution >= 4 is 17.1 Å². The van der Waals surface area contributed by atoms with E-state index in [1.807, 2.05) is 6.07 Å². The molecule has 41 heavy (non-hydrogen) atoms. The molecule has 2 fully saturated rings. The maximum atomic E-state index is 11.6. The number of hydrogen-bond donors (Lipinski definition) is 1. The van der Waals surface area contributed by atoms with Crippen molar-refractivity contribution in [2.24, 2.45) is 0 Å². The Morgan fingerprint density at radius 3 is 2.56 bits per heavy atom. The van der Waals surface area contributed by atoms with E-state index < -0.39 is 5.97 Å². The topological polar surface area (TPSA) is 98.9 Å². The number of carbonyl (C=O) groups is 1. The van der Waals surface area contributed by atoms with Crippen LogP contribution in [-0.2, 0) is 17.8 Å². The molecule has 0 bridgehead atoms. The number of para-hydroxylation sites is 1. The van der Waals surface area contributed by atoms with E-state index in [1.54, 1.807) is 6.07 Å². The van der Waals surface area contributed by atoms with E-state index in [9.17, 15) is 9.90 Å². The van der Waals surface area contributed by atoms with E-state index in [-0.39, 0.29) is 17.9 Å². The first kappa shape index (κ1) is 26.0. The molecule has 3 aliphatic rings. The number of carboxylic acids is 1. The van der Waals surface area contributed by atoms with Gasteiger partial charge in [-0.15, -0.1) is 0 Å². The second kappa shape index (κ2) is 10.8. The number of hydrogen-bond acceptors (Lipinski definition) is 7. The minimum atomic E-state index is -1.04. The molecule has 2 atom stereocenters. The molecular formula is C32H34N4O5. The summed E-state index contributed by atoms with van der Waals surface area (Å²) >= 11 is 0. The Hall–Kier alpha value is -3.95. The van der Waals surface area contributed by atoms with E-state index >= 15 is 0 Å². The van der Waals surface area contributed by atoms with Gasteiger partial charge in [0, 0.05) is 12.2 Å². The predicted octanol–water partition coefficient (Wildman–Crippen LogP) is 5.12. The van der Waals surface area contributed by atoms with E-state index in [2.05, 4.69) is 57.8 Å². The maximum Gasteiger partial charge on any atom is 0.354 e. The second-order valence-corrected chi connectivity index (χ2v) is 11.3. The molecule has 2 saturated heterocycles. The summed E-state index contributed by atoms with van der Waals surface area (Å²) in [4.78, 5) is 23.3. The second-order valence-electron chi connectivity index (χ2n) is 11.3. The molecule has 1 N–H and O–H groups in total. The number of fused-ring (bicyclic) bond motifs is 2. The van der Waals surface area contributed by atoms with Crippen LogP contribution in [0, 0.1) is 6.92 Å². The highest BCUT2D eigenvalue weighted by Crippen LogP contribution is 2.44. The molecule has 1 unspecified atom stereocenters. The SMILES string of the molecule is Cc1ccc(C2COc3c(cccc3C3CCN(Cc4nc5ccc(C(=O)O)nc5n4C[C@@H]4CCO4)CC3)O2)cc1. The number of aryl methyl sites for hydroxylation is 1. The molecule has 2 aromatic heterocycles. The van der Waals surface area contributed by atoms with Crippen LogP contribution < -0.4 is 9.47 Å². The number of nitrogens with zero attached hydrogens (tertiary/aromatic N) is 4. The molecule has 9 heteroatoms. The zero-order valence-corrected chi connectivity index (χ0v) is 23.2. The van der Waals surface area contributed by atoms with Crippen molar-refractivity contribution in [2.45, 2.75) is 57.4 Å². The van der Waals surface area contributed by atoms with Crippen molar-refractivity contribution in [3.05, 3.63) is 82.8 Å². The summed E-state index contributed by atoms with van der Waals surface area (Å²) in [6.07, 6.45) is 3.01. The third-order valence-corrected chi connectivity index (χ3v) is 8.57. The van der Waals surface area contributed by atoms with Gasteiger partial charge in [-0.25, -0.2) is 14.8 Å². The highest BCUT2D eigenvalue weighted by atomic mass is 16.6. The number of imidazole rings is 1. The van der Waals surface area contributed by atoms with Gasteiger partial charge in [-0.05, 0) is 69.0 Å². The fourth-order valence-corrected chi connectivity index (χ4v) is 6.11. The first-order valence-electron chi connectivity index (χ1n) is 14.4. The number of benzene rings is 2. The largest absolute Gasteiger partial charge is 0.485 e. The summed E-state index contributed by atoms with van der Waals surface area (Å²) in [5.41, 5.74) is 4.95. The van der Waals surface area contributed by atoms with Crippen LogP contribution in [0.25, 0.3) is 11.2 Å². The lowest BCUT2D eigenvalue weighted by atomic mass is 9.88. The van der Waals surface area contributed by atoms with Gasteiger partial charge >= 0.3 is 5.97 Å². The van der Waals surface area contributed by atoms with E-state index in [1.165, 1.54) is 17.2 Å². The van der Waals surface area contributed by atoms with Gasteiger partial charge < -0.3 is 23.9 Å². The molecule has 3 aliphatic heterocycles. The van der Waals surface area contributed by atoms with Gasteiger partial charge in [-0.2, -0.15) is 0 Å². The minimum Gasteiger partial charge on any atom is -0.485 e. The smallest absolute Gasteiger partial charge is 0.354 e. The molecule has 0 spiro atoms. The summed E-state index contributed by atoms with van der Waals surface area (Å²) in [5.74, 6) is 1.97. The summed E-state index contributed by atoms with van der Waals surface area (Å²) < 4.78 is 20.5. The summed E-state index contributed by atoms with van der Waals surface area (Å²) in [7, 11) is 0. The normalized spacial score (nSPS) is 21.1. The average molecular weight is 555 g/mol. The Kier molecular flexibility index (Phi) is 6.84. The van der Waals surface area contributed by atoms with Crippen LogP contribution in [0.1, 0.15) is 64.3 Å². The molecule has 0 aliphatic carbocycles. The molecule has 0 saturated carbocycles. The zero-order valence-electron chi connectivity index (χ0n) is 23.2. The third-order valence-electron chi connectivity index (χ3n) is 8.57. The van der Waals surface area contributed by atoms with Crippen molar-refractivity contribution in [1.29, 1.82) is 0 Å².